The summed E-state index contributed by atoms with van der Waals surface area (Å²) in [4.78, 5) is 0. The van der Waals surface area contributed by atoms with Crippen LogP contribution in [-0.2, 0) is 12.8 Å². The second kappa shape index (κ2) is 3.58. The lowest BCUT2D eigenvalue weighted by atomic mass is 9.88. The van der Waals surface area contributed by atoms with Gasteiger partial charge in [-0.1, -0.05) is 0 Å². The molecule has 2 nitrogen and oxygen atoms in total. The number of hydrogen-bond acceptors (Lipinski definition) is 2. The van der Waals surface area contributed by atoms with Gasteiger partial charge >= 0.3 is 0 Å². The van der Waals surface area contributed by atoms with Crippen molar-refractivity contribution in [2.24, 2.45) is 5.73 Å². The first-order valence-electron chi connectivity index (χ1n) is 4.82. The van der Waals surface area contributed by atoms with Crippen molar-refractivity contribution in [3.8, 4) is 5.75 Å². The van der Waals surface area contributed by atoms with Crippen molar-refractivity contribution >= 4 is 0 Å². The van der Waals surface area contributed by atoms with Crippen molar-refractivity contribution in [3.63, 3.8) is 0 Å². The van der Waals surface area contributed by atoms with Crippen LogP contribution in [0.15, 0.2) is 12.1 Å². The van der Waals surface area contributed by atoms with E-state index in [0.717, 1.165) is 36.1 Å². The van der Waals surface area contributed by atoms with Gasteiger partial charge in [-0.3, -0.25) is 0 Å². The largest absolute Gasteiger partial charge is 0.496 e. The molecule has 2 rings (SSSR count). The fourth-order valence-electron chi connectivity index (χ4n) is 2.02. The Bertz CT molecular complexity index is 351. The van der Waals surface area contributed by atoms with Gasteiger partial charge in [0.05, 0.1) is 7.11 Å². The molecule has 0 unspecified atom stereocenters. The number of ether oxygens (including phenoxy) is 1. The Morgan fingerprint density at radius 1 is 1.43 bits per heavy atom. The fraction of sp³-hybridized carbons (Fsp3) is 0.455. The van der Waals surface area contributed by atoms with Crippen molar-refractivity contribution in [1.82, 2.24) is 0 Å². The minimum absolute atomic E-state index is 0.132. The van der Waals surface area contributed by atoms with Gasteiger partial charge in [0.25, 0.3) is 0 Å². The van der Waals surface area contributed by atoms with Gasteiger partial charge < -0.3 is 10.5 Å². The van der Waals surface area contributed by atoms with Crippen LogP contribution in [0.4, 0.5) is 4.39 Å². The molecule has 0 saturated carbocycles. The molecule has 1 aliphatic carbocycles. The van der Waals surface area contributed by atoms with Crippen molar-refractivity contribution < 1.29 is 9.13 Å². The summed E-state index contributed by atoms with van der Waals surface area (Å²) in [5.41, 5.74) is 7.58. The Morgan fingerprint density at radius 3 is 2.93 bits per heavy atom. The van der Waals surface area contributed by atoms with E-state index < -0.39 is 0 Å². The van der Waals surface area contributed by atoms with Crippen molar-refractivity contribution in [2.45, 2.75) is 25.3 Å². The molecule has 3 heteroatoms. The van der Waals surface area contributed by atoms with Crippen LogP contribution < -0.4 is 10.5 Å². The summed E-state index contributed by atoms with van der Waals surface area (Å²) in [5, 5.41) is 0. The van der Waals surface area contributed by atoms with Crippen molar-refractivity contribution in [1.29, 1.82) is 0 Å². The second-order valence-corrected chi connectivity index (χ2v) is 3.71. The Hall–Kier alpha value is -1.09. The van der Waals surface area contributed by atoms with Gasteiger partial charge in [-0.05, 0) is 37.0 Å². The Balaban J connectivity index is 2.49. The molecular formula is C11H14FNO. The third-order valence-corrected chi connectivity index (χ3v) is 2.78. The first-order chi connectivity index (χ1) is 6.72. The molecule has 0 fully saturated rings. The molecule has 0 saturated heterocycles. The molecule has 0 bridgehead atoms. The summed E-state index contributed by atoms with van der Waals surface area (Å²) in [5.74, 6) is 0.629. The lowest BCUT2D eigenvalue weighted by molar-refractivity contribution is 0.400. The van der Waals surface area contributed by atoms with Crippen LogP contribution in [0.25, 0.3) is 0 Å². The van der Waals surface area contributed by atoms with Crippen LogP contribution in [0.1, 0.15) is 17.5 Å². The average Bonchev–Trinajstić information content (AvgIpc) is 2.18. The molecule has 1 atom stereocenters. The lowest BCUT2D eigenvalue weighted by Gasteiger charge is -2.23. The Labute approximate surface area is 82.9 Å². The number of hydrogen-bond donors (Lipinski definition) is 1. The third-order valence-electron chi connectivity index (χ3n) is 2.78. The maximum atomic E-state index is 13.4. The number of methoxy groups -OCH3 is 1. The molecule has 14 heavy (non-hydrogen) atoms. The average molecular weight is 195 g/mol. The number of rotatable bonds is 1. The first-order valence-corrected chi connectivity index (χ1v) is 4.82. The van der Waals surface area contributed by atoms with Crippen LogP contribution in [0.2, 0.25) is 0 Å². The van der Waals surface area contributed by atoms with Crippen molar-refractivity contribution in [2.75, 3.05) is 7.11 Å². The highest BCUT2D eigenvalue weighted by Gasteiger charge is 2.21. The van der Waals surface area contributed by atoms with E-state index in [1.54, 1.807) is 13.2 Å². The zero-order valence-electron chi connectivity index (χ0n) is 8.22. The van der Waals surface area contributed by atoms with E-state index in [-0.39, 0.29) is 11.9 Å². The van der Waals surface area contributed by atoms with E-state index >= 15 is 0 Å². The summed E-state index contributed by atoms with van der Waals surface area (Å²) in [6.45, 7) is 0. The summed E-state index contributed by atoms with van der Waals surface area (Å²) >= 11 is 0. The van der Waals surface area contributed by atoms with Gasteiger partial charge in [-0.15, -0.1) is 0 Å². The van der Waals surface area contributed by atoms with Gasteiger partial charge in [0, 0.05) is 11.6 Å². The first kappa shape index (κ1) is 9.46. The standard InChI is InChI=1S/C11H14FNO/c1-14-11-5-4-10(12)8-3-2-7(13)6-9(8)11/h4-5,7H,2-3,6,13H2,1H3/t7-/m1/s1. The monoisotopic (exact) mass is 195 g/mol. The summed E-state index contributed by atoms with van der Waals surface area (Å²) in [6, 6.07) is 3.28. The molecule has 1 aliphatic rings. The smallest absolute Gasteiger partial charge is 0.126 e. The highest BCUT2D eigenvalue weighted by molar-refractivity contribution is 5.43. The highest BCUT2D eigenvalue weighted by Crippen LogP contribution is 2.30. The second-order valence-electron chi connectivity index (χ2n) is 3.71. The molecule has 0 heterocycles. The highest BCUT2D eigenvalue weighted by atomic mass is 19.1. The maximum Gasteiger partial charge on any atom is 0.126 e. The Kier molecular flexibility index (Phi) is 2.42. The van der Waals surface area contributed by atoms with Crippen LogP contribution in [0, 0.1) is 5.82 Å². The van der Waals surface area contributed by atoms with Crippen molar-refractivity contribution in [3.05, 3.63) is 29.1 Å². The SMILES string of the molecule is COc1ccc(F)c2c1C[C@H](N)CC2. The van der Waals surface area contributed by atoms with Gasteiger partial charge in [0.2, 0.25) is 0 Å². The van der Waals surface area contributed by atoms with Gasteiger partial charge in [-0.25, -0.2) is 4.39 Å². The zero-order chi connectivity index (χ0) is 10.1. The minimum Gasteiger partial charge on any atom is -0.496 e. The van der Waals surface area contributed by atoms with Gasteiger partial charge in [0.15, 0.2) is 0 Å². The Morgan fingerprint density at radius 2 is 2.21 bits per heavy atom. The molecule has 0 aromatic heterocycles. The number of nitrogens with two attached hydrogens (primary N) is 1. The van der Waals surface area contributed by atoms with Crippen LogP contribution >= 0.6 is 0 Å². The molecule has 2 N–H and O–H groups in total. The fourth-order valence-corrected chi connectivity index (χ4v) is 2.02. The number of benzene rings is 1. The van der Waals surface area contributed by atoms with E-state index in [1.807, 2.05) is 0 Å². The van der Waals surface area contributed by atoms with E-state index in [1.165, 1.54) is 6.07 Å². The number of fused-ring (bicyclic) bond motifs is 1. The third kappa shape index (κ3) is 1.48. The summed E-state index contributed by atoms with van der Waals surface area (Å²) in [7, 11) is 1.60. The van der Waals surface area contributed by atoms with E-state index in [0.29, 0.717) is 0 Å². The topological polar surface area (TPSA) is 35.2 Å². The number of halogens is 1. The normalized spacial score (nSPS) is 20.4. The van der Waals surface area contributed by atoms with Crippen LogP contribution in [-0.4, -0.2) is 13.2 Å². The van der Waals surface area contributed by atoms with Gasteiger partial charge in [0.1, 0.15) is 11.6 Å². The zero-order valence-corrected chi connectivity index (χ0v) is 8.22. The predicted octanol–water partition coefficient (Wildman–Crippen LogP) is 1.65. The molecule has 76 valence electrons. The molecule has 0 amide bonds. The predicted molar refractivity (Wildman–Crippen MR) is 53.0 cm³/mol. The molecular weight excluding hydrogens is 181 g/mol. The molecule has 1 aromatic carbocycles. The van der Waals surface area contributed by atoms with E-state index in [2.05, 4.69) is 0 Å². The molecule has 0 radical (unpaired) electrons. The van der Waals surface area contributed by atoms with Crippen LogP contribution in [0.5, 0.6) is 5.75 Å². The summed E-state index contributed by atoms with van der Waals surface area (Å²) < 4.78 is 18.6. The van der Waals surface area contributed by atoms with Gasteiger partial charge in [-0.2, -0.15) is 0 Å². The molecule has 0 spiro atoms. The molecule has 0 aliphatic heterocycles. The minimum atomic E-state index is -0.132. The van der Waals surface area contributed by atoms with Crippen LogP contribution in [0.3, 0.4) is 0 Å². The summed E-state index contributed by atoms with van der Waals surface area (Å²) in [6.07, 6.45) is 2.30. The van der Waals surface area contributed by atoms with E-state index in [4.69, 9.17) is 10.5 Å². The maximum absolute atomic E-state index is 13.4. The van der Waals surface area contributed by atoms with E-state index in [9.17, 15) is 4.39 Å². The molecule has 1 aromatic rings. The quantitative estimate of drug-likeness (QED) is 0.739. The lowest BCUT2D eigenvalue weighted by Crippen LogP contribution is -2.28.